The minimum atomic E-state index is -0.969. The van der Waals surface area contributed by atoms with E-state index in [1.165, 1.54) is 17.4 Å². The number of carbonyl (C=O) groups excluding carboxylic acids is 1. The van der Waals surface area contributed by atoms with Gasteiger partial charge in [-0.3, -0.25) is 15.4 Å². The zero-order chi connectivity index (χ0) is 17.8. The lowest BCUT2D eigenvalue weighted by Gasteiger charge is -2.05. The standard InChI is InChI=1S/C16H11FN4O3S/c17-12-7-6-11(8-14(12)21(23)24)18-15(22)20-16-19-13(9-25-16)10-4-2-1-3-5-10/h1-9H,(H2,18,19,20,22). The van der Waals surface area contributed by atoms with E-state index < -0.39 is 22.5 Å². The van der Waals surface area contributed by atoms with Gasteiger partial charge in [0.1, 0.15) is 0 Å². The van der Waals surface area contributed by atoms with Gasteiger partial charge in [-0.15, -0.1) is 11.3 Å². The number of halogens is 1. The van der Waals surface area contributed by atoms with Crippen LogP contribution in [0.3, 0.4) is 0 Å². The molecule has 0 saturated carbocycles. The van der Waals surface area contributed by atoms with Crippen molar-refractivity contribution in [3.63, 3.8) is 0 Å². The number of carbonyl (C=O) groups is 1. The summed E-state index contributed by atoms with van der Waals surface area (Å²) in [5, 5.41) is 17.8. The molecule has 2 N–H and O–H groups in total. The Morgan fingerprint density at radius 1 is 1.16 bits per heavy atom. The second-order valence-electron chi connectivity index (χ2n) is 4.91. The second-order valence-corrected chi connectivity index (χ2v) is 5.76. The Morgan fingerprint density at radius 2 is 1.92 bits per heavy atom. The molecule has 3 rings (SSSR count). The van der Waals surface area contributed by atoms with Gasteiger partial charge >= 0.3 is 11.7 Å². The molecule has 0 aliphatic rings. The molecule has 0 atom stereocenters. The molecule has 0 saturated heterocycles. The number of urea groups is 1. The molecular formula is C16H11FN4O3S. The number of amides is 2. The number of benzene rings is 2. The predicted octanol–water partition coefficient (Wildman–Crippen LogP) is 4.50. The second kappa shape index (κ2) is 7.05. The van der Waals surface area contributed by atoms with Crippen molar-refractivity contribution in [2.75, 3.05) is 10.6 Å². The molecule has 0 fully saturated rings. The zero-order valence-electron chi connectivity index (χ0n) is 12.6. The third-order valence-electron chi connectivity index (χ3n) is 3.19. The lowest BCUT2D eigenvalue weighted by molar-refractivity contribution is -0.387. The molecule has 25 heavy (non-hydrogen) atoms. The molecule has 7 nitrogen and oxygen atoms in total. The lowest BCUT2D eigenvalue weighted by atomic mass is 10.2. The molecule has 0 spiro atoms. The van der Waals surface area contributed by atoms with Crippen molar-refractivity contribution < 1.29 is 14.1 Å². The van der Waals surface area contributed by atoms with Crippen LogP contribution in [0.4, 0.5) is 25.7 Å². The quantitative estimate of drug-likeness (QED) is 0.530. The van der Waals surface area contributed by atoms with Crippen LogP contribution in [0, 0.1) is 15.9 Å². The van der Waals surface area contributed by atoms with Crippen LogP contribution >= 0.6 is 11.3 Å². The van der Waals surface area contributed by atoms with E-state index in [0.29, 0.717) is 5.13 Å². The number of nitro benzene ring substituents is 1. The van der Waals surface area contributed by atoms with Crippen molar-refractivity contribution in [1.82, 2.24) is 4.98 Å². The van der Waals surface area contributed by atoms with Crippen molar-refractivity contribution in [1.29, 1.82) is 0 Å². The first-order chi connectivity index (χ1) is 12.0. The van der Waals surface area contributed by atoms with E-state index >= 15 is 0 Å². The highest BCUT2D eigenvalue weighted by molar-refractivity contribution is 7.14. The fourth-order valence-electron chi connectivity index (χ4n) is 2.06. The summed E-state index contributed by atoms with van der Waals surface area (Å²) in [6.07, 6.45) is 0. The van der Waals surface area contributed by atoms with E-state index in [0.717, 1.165) is 23.4 Å². The lowest BCUT2D eigenvalue weighted by Crippen LogP contribution is -2.19. The van der Waals surface area contributed by atoms with E-state index in [9.17, 15) is 19.3 Å². The maximum absolute atomic E-state index is 13.3. The van der Waals surface area contributed by atoms with E-state index in [2.05, 4.69) is 15.6 Å². The van der Waals surface area contributed by atoms with E-state index in [1.54, 1.807) is 5.38 Å². The van der Waals surface area contributed by atoms with Crippen molar-refractivity contribution in [3.8, 4) is 11.3 Å². The smallest absolute Gasteiger partial charge is 0.307 e. The minimum Gasteiger partial charge on any atom is -0.307 e. The molecule has 0 aliphatic carbocycles. The fourth-order valence-corrected chi connectivity index (χ4v) is 2.78. The number of nitrogens with one attached hydrogen (secondary N) is 2. The predicted molar refractivity (Wildman–Crippen MR) is 93.2 cm³/mol. The van der Waals surface area contributed by atoms with Crippen molar-refractivity contribution in [3.05, 3.63) is 69.8 Å². The number of hydrogen-bond acceptors (Lipinski definition) is 5. The van der Waals surface area contributed by atoms with Crippen molar-refractivity contribution in [2.45, 2.75) is 0 Å². The van der Waals surface area contributed by atoms with Crippen LogP contribution in [-0.2, 0) is 0 Å². The largest absolute Gasteiger partial charge is 0.325 e. The fraction of sp³-hybridized carbons (Fsp3) is 0. The van der Waals surface area contributed by atoms with E-state index in [4.69, 9.17) is 0 Å². The first-order valence-electron chi connectivity index (χ1n) is 7.06. The molecule has 1 heterocycles. The number of hydrogen-bond donors (Lipinski definition) is 2. The maximum Gasteiger partial charge on any atom is 0.325 e. The Bertz CT molecular complexity index is 930. The van der Waals surface area contributed by atoms with Gasteiger partial charge in [-0.1, -0.05) is 30.3 Å². The van der Waals surface area contributed by atoms with Gasteiger partial charge in [-0.2, -0.15) is 4.39 Å². The highest BCUT2D eigenvalue weighted by Gasteiger charge is 2.15. The van der Waals surface area contributed by atoms with Crippen LogP contribution in [0.2, 0.25) is 0 Å². The SMILES string of the molecule is O=C(Nc1ccc(F)c([N+](=O)[O-])c1)Nc1nc(-c2ccccc2)cs1. The van der Waals surface area contributed by atoms with Crippen LogP contribution in [0.15, 0.2) is 53.9 Å². The normalized spacial score (nSPS) is 10.3. The highest BCUT2D eigenvalue weighted by atomic mass is 32.1. The molecule has 9 heteroatoms. The minimum absolute atomic E-state index is 0.102. The van der Waals surface area contributed by atoms with Gasteiger partial charge in [0.15, 0.2) is 5.13 Å². The average Bonchev–Trinajstić information content (AvgIpc) is 3.05. The Labute approximate surface area is 145 Å². The number of nitrogens with zero attached hydrogens (tertiary/aromatic N) is 2. The summed E-state index contributed by atoms with van der Waals surface area (Å²) < 4.78 is 13.3. The van der Waals surface area contributed by atoms with Crippen LogP contribution in [-0.4, -0.2) is 15.9 Å². The average molecular weight is 358 g/mol. The summed E-state index contributed by atoms with van der Waals surface area (Å²) in [4.78, 5) is 26.1. The first kappa shape index (κ1) is 16.5. The van der Waals surface area contributed by atoms with Crippen LogP contribution in [0.5, 0.6) is 0 Å². The Morgan fingerprint density at radius 3 is 2.64 bits per heavy atom. The molecule has 2 amide bonds. The topological polar surface area (TPSA) is 97.2 Å². The van der Waals surface area contributed by atoms with Crippen molar-refractivity contribution in [2.24, 2.45) is 0 Å². The maximum atomic E-state index is 13.3. The number of anilines is 2. The molecular weight excluding hydrogens is 347 g/mol. The summed E-state index contributed by atoms with van der Waals surface area (Å²) in [5.41, 5.74) is 1.03. The van der Waals surface area contributed by atoms with Gasteiger partial charge in [-0.05, 0) is 12.1 Å². The van der Waals surface area contributed by atoms with Gasteiger partial charge in [0, 0.05) is 22.7 Å². The third kappa shape index (κ3) is 3.96. The number of aromatic nitrogens is 1. The highest BCUT2D eigenvalue weighted by Crippen LogP contribution is 2.25. The van der Waals surface area contributed by atoms with Crippen LogP contribution < -0.4 is 10.6 Å². The van der Waals surface area contributed by atoms with Gasteiger partial charge in [-0.25, -0.2) is 9.78 Å². The summed E-state index contributed by atoms with van der Waals surface area (Å²) >= 11 is 1.24. The number of rotatable bonds is 4. The molecule has 0 unspecified atom stereocenters. The molecule has 0 bridgehead atoms. The number of thiazole rings is 1. The van der Waals surface area contributed by atoms with E-state index in [1.807, 2.05) is 30.3 Å². The molecule has 1 aromatic heterocycles. The van der Waals surface area contributed by atoms with Gasteiger partial charge in [0.2, 0.25) is 5.82 Å². The van der Waals surface area contributed by atoms with Gasteiger partial charge < -0.3 is 5.32 Å². The van der Waals surface area contributed by atoms with Crippen LogP contribution in [0.1, 0.15) is 0 Å². The Hall–Kier alpha value is -3.33. The monoisotopic (exact) mass is 358 g/mol. The molecule has 3 aromatic rings. The summed E-state index contributed by atoms with van der Waals surface area (Å²) in [7, 11) is 0. The summed E-state index contributed by atoms with van der Waals surface area (Å²) in [6, 6.07) is 11.9. The molecule has 0 aliphatic heterocycles. The van der Waals surface area contributed by atoms with Crippen molar-refractivity contribution >= 4 is 33.9 Å². The first-order valence-corrected chi connectivity index (χ1v) is 7.94. The molecule has 126 valence electrons. The van der Waals surface area contributed by atoms with Gasteiger partial charge in [0.25, 0.3) is 0 Å². The number of nitro groups is 1. The van der Waals surface area contributed by atoms with E-state index in [-0.39, 0.29) is 5.69 Å². The summed E-state index contributed by atoms with van der Waals surface area (Å²) in [5.74, 6) is -0.969. The Kier molecular flexibility index (Phi) is 4.66. The molecule has 2 aromatic carbocycles. The van der Waals surface area contributed by atoms with Crippen LogP contribution in [0.25, 0.3) is 11.3 Å². The summed E-state index contributed by atoms with van der Waals surface area (Å²) in [6.45, 7) is 0. The molecule has 0 radical (unpaired) electrons. The third-order valence-corrected chi connectivity index (χ3v) is 3.95. The van der Waals surface area contributed by atoms with Gasteiger partial charge in [0.05, 0.1) is 10.6 Å². The Balaban J connectivity index is 1.68. The zero-order valence-corrected chi connectivity index (χ0v) is 13.4.